The molecule has 6 heteroatoms. The van der Waals surface area contributed by atoms with Gasteiger partial charge in [0.25, 0.3) is 0 Å². The molecule has 15 heavy (non-hydrogen) atoms. The second-order valence-corrected chi connectivity index (χ2v) is 3.21. The van der Waals surface area contributed by atoms with Gasteiger partial charge < -0.3 is 10.7 Å². The van der Waals surface area contributed by atoms with Crippen LogP contribution in [0, 0.1) is 10.6 Å². The number of benzene rings is 1. The van der Waals surface area contributed by atoms with E-state index in [1.54, 1.807) is 18.2 Å². The monoisotopic (exact) mass is 222 g/mol. The van der Waals surface area contributed by atoms with Gasteiger partial charge in [-0.1, -0.05) is 12.1 Å². The van der Waals surface area contributed by atoms with Crippen LogP contribution < -0.4 is 5.73 Å². The van der Waals surface area contributed by atoms with Crippen LogP contribution in [0.15, 0.2) is 24.3 Å². The van der Waals surface area contributed by atoms with Crippen molar-refractivity contribution in [2.75, 3.05) is 5.73 Å². The van der Waals surface area contributed by atoms with Crippen LogP contribution in [0.3, 0.4) is 0 Å². The Hall–Kier alpha value is -1.82. The Balaban J connectivity index is 2.64. The third kappa shape index (κ3) is 1.99. The van der Waals surface area contributed by atoms with Crippen molar-refractivity contribution in [1.82, 2.24) is 15.0 Å². The van der Waals surface area contributed by atoms with Gasteiger partial charge in [-0.25, -0.2) is 9.37 Å². The molecule has 0 aliphatic carbocycles. The Morgan fingerprint density at radius 3 is 2.67 bits per heavy atom. The van der Waals surface area contributed by atoms with Crippen molar-refractivity contribution >= 4 is 18.2 Å². The molecule has 0 saturated carbocycles. The predicted molar refractivity (Wildman–Crippen MR) is 57.0 cm³/mol. The van der Waals surface area contributed by atoms with Crippen molar-refractivity contribution in [2.45, 2.75) is 0 Å². The van der Waals surface area contributed by atoms with Gasteiger partial charge in [-0.2, -0.15) is 4.98 Å². The number of nitrogen functional groups attached to an aromatic ring is 1. The smallest absolute Gasteiger partial charge is 0.224 e. The summed E-state index contributed by atoms with van der Waals surface area (Å²) >= 11 is 4.79. The van der Waals surface area contributed by atoms with Crippen LogP contribution in [0.25, 0.3) is 11.4 Å². The van der Waals surface area contributed by atoms with Gasteiger partial charge in [-0.15, -0.1) is 0 Å². The predicted octanol–water partition coefficient (Wildman–Crippen LogP) is 1.92. The Bertz CT molecular complexity index is 552. The van der Waals surface area contributed by atoms with Gasteiger partial charge in [-0.05, 0) is 24.4 Å². The minimum atomic E-state index is -0.388. The number of hydrogen-bond donors (Lipinski definition) is 2. The number of anilines is 1. The van der Waals surface area contributed by atoms with E-state index >= 15 is 0 Å². The van der Waals surface area contributed by atoms with Crippen molar-refractivity contribution in [3.05, 3.63) is 34.9 Å². The Morgan fingerprint density at radius 2 is 2.00 bits per heavy atom. The number of aromatic amines is 1. The summed E-state index contributed by atoms with van der Waals surface area (Å²) < 4.78 is 13.5. The molecule has 1 heterocycles. The quantitative estimate of drug-likeness (QED) is 0.723. The van der Waals surface area contributed by atoms with Crippen molar-refractivity contribution in [1.29, 1.82) is 0 Å². The zero-order valence-electron chi connectivity index (χ0n) is 7.57. The van der Waals surface area contributed by atoms with Gasteiger partial charge in [0.2, 0.25) is 10.7 Å². The summed E-state index contributed by atoms with van der Waals surface area (Å²) in [6, 6.07) is 6.22. The fourth-order valence-electron chi connectivity index (χ4n) is 1.18. The fraction of sp³-hybridized carbons (Fsp3) is 0. The van der Waals surface area contributed by atoms with Crippen LogP contribution in [-0.4, -0.2) is 15.0 Å². The molecule has 2 rings (SSSR count). The normalized spacial score (nSPS) is 10.2. The molecule has 1 aromatic heterocycles. The van der Waals surface area contributed by atoms with Gasteiger partial charge in [0, 0.05) is 0 Å². The maximum atomic E-state index is 13.4. The molecule has 0 amide bonds. The van der Waals surface area contributed by atoms with E-state index in [-0.39, 0.29) is 22.4 Å². The minimum absolute atomic E-state index is 0.0875. The number of nitrogens with zero attached hydrogens (tertiary/aromatic N) is 2. The number of halogens is 1. The summed E-state index contributed by atoms with van der Waals surface area (Å²) in [6.07, 6.45) is 0. The highest BCUT2D eigenvalue weighted by molar-refractivity contribution is 7.71. The van der Waals surface area contributed by atoms with Crippen LogP contribution in [0.2, 0.25) is 0 Å². The van der Waals surface area contributed by atoms with Crippen LogP contribution in [0.1, 0.15) is 0 Å². The summed E-state index contributed by atoms with van der Waals surface area (Å²) in [6.45, 7) is 0. The lowest BCUT2D eigenvalue weighted by Gasteiger charge is -2.02. The highest BCUT2D eigenvalue weighted by Crippen LogP contribution is 2.18. The first-order chi connectivity index (χ1) is 7.16. The van der Waals surface area contributed by atoms with Crippen LogP contribution in [-0.2, 0) is 0 Å². The van der Waals surface area contributed by atoms with Crippen molar-refractivity contribution in [3.63, 3.8) is 0 Å². The third-order valence-electron chi connectivity index (χ3n) is 1.80. The number of rotatable bonds is 1. The molecule has 4 nitrogen and oxygen atoms in total. The molecular weight excluding hydrogens is 215 g/mol. The molecule has 0 unspecified atom stereocenters. The van der Waals surface area contributed by atoms with E-state index in [9.17, 15) is 4.39 Å². The van der Waals surface area contributed by atoms with E-state index in [2.05, 4.69) is 15.0 Å². The topological polar surface area (TPSA) is 67.6 Å². The average molecular weight is 222 g/mol. The minimum Gasteiger partial charge on any atom is -0.369 e. The van der Waals surface area contributed by atoms with Crippen molar-refractivity contribution < 1.29 is 4.39 Å². The summed E-state index contributed by atoms with van der Waals surface area (Å²) in [5, 5.41) is 0. The molecule has 3 N–H and O–H groups in total. The van der Waals surface area contributed by atoms with Crippen LogP contribution >= 0.6 is 12.2 Å². The fourth-order valence-corrected chi connectivity index (χ4v) is 1.37. The first kappa shape index (κ1) is 9.72. The summed E-state index contributed by atoms with van der Waals surface area (Å²) in [4.78, 5) is 10.2. The molecule has 0 spiro atoms. The Labute approximate surface area is 90.0 Å². The first-order valence-electron chi connectivity index (χ1n) is 4.15. The maximum Gasteiger partial charge on any atom is 0.224 e. The zero-order valence-corrected chi connectivity index (χ0v) is 8.38. The van der Waals surface area contributed by atoms with E-state index < -0.39 is 0 Å². The summed E-state index contributed by atoms with van der Waals surface area (Å²) in [5.74, 6) is 0.0140. The number of aromatic nitrogens is 3. The third-order valence-corrected chi connectivity index (χ3v) is 1.98. The highest BCUT2D eigenvalue weighted by atomic mass is 32.1. The first-order valence-corrected chi connectivity index (χ1v) is 4.56. The lowest BCUT2D eigenvalue weighted by Crippen LogP contribution is -2.00. The van der Waals surface area contributed by atoms with Gasteiger partial charge in [-0.3, -0.25) is 0 Å². The molecule has 0 saturated heterocycles. The average Bonchev–Trinajstić information content (AvgIpc) is 2.16. The number of hydrogen-bond acceptors (Lipinski definition) is 4. The molecular formula is C9H7FN4S. The SMILES string of the molecule is Nc1nc(=S)nc(-c2ccccc2F)[nH]1. The Kier molecular flexibility index (Phi) is 2.42. The molecule has 2 aromatic rings. The van der Waals surface area contributed by atoms with E-state index in [1.165, 1.54) is 6.07 Å². The molecule has 76 valence electrons. The lowest BCUT2D eigenvalue weighted by molar-refractivity contribution is 0.630. The van der Waals surface area contributed by atoms with Gasteiger partial charge in [0.05, 0.1) is 5.56 Å². The number of H-pyrrole nitrogens is 1. The summed E-state index contributed by atoms with van der Waals surface area (Å²) in [5.41, 5.74) is 5.77. The van der Waals surface area contributed by atoms with Crippen LogP contribution in [0.4, 0.5) is 10.3 Å². The molecule has 1 aromatic carbocycles. The van der Waals surface area contributed by atoms with Gasteiger partial charge >= 0.3 is 0 Å². The number of nitrogens with one attached hydrogen (secondary N) is 1. The van der Waals surface area contributed by atoms with E-state index in [0.29, 0.717) is 5.56 Å². The molecule has 0 atom stereocenters. The van der Waals surface area contributed by atoms with E-state index in [1.807, 2.05) is 0 Å². The second kappa shape index (κ2) is 3.74. The van der Waals surface area contributed by atoms with Crippen molar-refractivity contribution in [2.24, 2.45) is 0 Å². The summed E-state index contributed by atoms with van der Waals surface area (Å²) in [7, 11) is 0. The second-order valence-electron chi connectivity index (χ2n) is 2.84. The van der Waals surface area contributed by atoms with E-state index in [4.69, 9.17) is 18.0 Å². The maximum absolute atomic E-state index is 13.4. The molecule has 0 bridgehead atoms. The van der Waals surface area contributed by atoms with Gasteiger partial charge in [0.15, 0.2) is 0 Å². The molecule has 0 aliphatic heterocycles. The standard InChI is InChI=1S/C9H7FN4S/c10-6-4-2-1-3-5(6)7-12-8(11)14-9(15)13-7/h1-4H,(H3,11,12,13,14,15). The highest BCUT2D eigenvalue weighted by Gasteiger charge is 2.06. The largest absolute Gasteiger partial charge is 0.369 e. The van der Waals surface area contributed by atoms with Gasteiger partial charge in [0.1, 0.15) is 11.6 Å². The van der Waals surface area contributed by atoms with E-state index in [0.717, 1.165) is 0 Å². The molecule has 0 radical (unpaired) electrons. The Morgan fingerprint density at radius 1 is 1.27 bits per heavy atom. The number of nitrogens with two attached hydrogens (primary N) is 1. The van der Waals surface area contributed by atoms with Crippen molar-refractivity contribution in [3.8, 4) is 11.4 Å². The molecule has 0 fully saturated rings. The van der Waals surface area contributed by atoms with Crippen LogP contribution in [0.5, 0.6) is 0 Å². The zero-order chi connectivity index (χ0) is 10.8. The lowest BCUT2D eigenvalue weighted by atomic mass is 10.2. The molecule has 0 aliphatic rings.